The zero-order valence-electron chi connectivity index (χ0n) is 9.37. The van der Waals surface area contributed by atoms with Gasteiger partial charge in [-0.2, -0.15) is 0 Å². The lowest BCUT2D eigenvalue weighted by atomic mass is 10.1. The highest BCUT2D eigenvalue weighted by atomic mass is 32.1. The van der Waals surface area contributed by atoms with E-state index in [0.717, 1.165) is 0 Å². The fraction of sp³-hybridized carbons (Fsp3) is 0.143. The van der Waals surface area contributed by atoms with Gasteiger partial charge in [-0.3, -0.25) is 0 Å². The molecule has 2 aromatic heterocycles. The van der Waals surface area contributed by atoms with Crippen LogP contribution in [0, 0.1) is 13.8 Å². The number of fused-ring (bicyclic) bond motifs is 1. The van der Waals surface area contributed by atoms with Crippen molar-refractivity contribution in [2.75, 3.05) is 0 Å². The minimum atomic E-state index is 1.22. The number of aromatic nitrogens is 1. The Morgan fingerprint density at radius 2 is 1.94 bits per heavy atom. The van der Waals surface area contributed by atoms with E-state index >= 15 is 0 Å². The summed E-state index contributed by atoms with van der Waals surface area (Å²) in [6, 6.07) is 10.9. The number of hydrogen-bond acceptors (Lipinski definition) is 1. The zero-order valence-corrected chi connectivity index (χ0v) is 10.2. The first-order valence-corrected chi connectivity index (χ1v) is 6.20. The second kappa shape index (κ2) is 3.49. The molecule has 0 spiro atoms. The van der Waals surface area contributed by atoms with E-state index in [9.17, 15) is 0 Å². The zero-order chi connectivity index (χ0) is 11.1. The molecule has 80 valence electrons. The number of rotatable bonds is 1. The van der Waals surface area contributed by atoms with Crippen LogP contribution < -0.4 is 0 Å². The molecular formula is C14H13NS. The molecule has 0 saturated heterocycles. The highest BCUT2D eigenvalue weighted by Gasteiger charge is 2.07. The van der Waals surface area contributed by atoms with Gasteiger partial charge in [0.15, 0.2) is 0 Å². The monoisotopic (exact) mass is 227 g/mol. The van der Waals surface area contributed by atoms with Crippen molar-refractivity contribution in [3.63, 3.8) is 0 Å². The molecule has 2 heteroatoms. The Morgan fingerprint density at radius 1 is 1.06 bits per heavy atom. The van der Waals surface area contributed by atoms with Crippen molar-refractivity contribution in [3.8, 4) is 10.4 Å². The van der Waals surface area contributed by atoms with Gasteiger partial charge >= 0.3 is 0 Å². The molecule has 0 amide bonds. The summed E-state index contributed by atoms with van der Waals surface area (Å²) in [6.45, 7) is 4.27. The van der Waals surface area contributed by atoms with Crippen molar-refractivity contribution in [3.05, 3.63) is 47.0 Å². The van der Waals surface area contributed by atoms with Crippen LogP contribution in [0.5, 0.6) is 0 Å². The van der Waals surface area contributed by atoms with Gasteiger partial charge < -0.3 is 4.98 Å². The molecule has 16 heavy (non-hydrogen) atoms. The predicted octanol–water partition coefficient (Wildman–Crippen LogP) is 4.51. The molecule has 1 nitrogen and oxygen atoms in total. The van der Waals surface area contributed by atoms with Crippen LogP contribution in [-0.4, -0.2) is 4.98 Å². The molecule has 3 aromatic rings. The molecule has 0 radical (unpaired) electrons. The average molecular weight is 227 g/mol. The van der Waals surface area contributed by atoms with Crippen molar-refractivity contribution in [1.82, 2.24) is 4.98 Å². The molecule has 0 aliphatic heterocycles. The Labute approximate surface area is 98.7 Å². The van der Waals surface area contributed by atoms with Gasteiger partial charge in [0.2, 0.25) is 0 Å². The Morgan fingerprint density at radius 3 is 2.69 bits per heavy atom. The topological polar surface area (TPSA) is 15.8 Å². The Kier molecular flexibility index (Phi) is 2.11. The van der Waals surface area contributed by atoms with Gasteiger partial charge in [0.05, 0.1) is 0 Å². The smallest absolute Gasteiger partial charge is 0.0463 e. The number of aryl methyl sites for hydroxylation is 2. The molecule has 0 saturated carbocycles. The normalized spacial score (nSPS) is 11.1. The van der Waals surface area contributed by atoms with Gasteiger partial charge in [-0.1, -0.05) is 12.1 Å². The number of benzene rings is 1. The van der Waals surface area contributed by atoms with Crippen LogP contribution >= 0.6 is 11.3 Å². The summed E-state index contributed by atoms with van der Waals surface area (Å²) in [6.07, 6.45) is 2.11. The predicted molar refractivity (Wildman–Crippen MR) is 71.1 cm³/mol. The Bertz CT molecular complexity index is 646. The van der Waals surface area contributed by atoms with E-state index in [2.05, 4.69) is 55.4 Å². The van der Waals surface area contributed by atoms with Crippen LogP contribution in [-0.2, 0) is 0 Å². The third kappa shape index (κ3) is 1.46. The van der Waals surface area contributed by atoms with E-state index in [0.29, 0.717) is 0 Å². The molecule has 0 bridgehead atoms. The van der Waals surface area contributed by atoms with Gasteiger partial charge in [-0.25, -0.2) is 0 Å². The highest BCUT2D eigenvalue weighted by Crippen LogP contribution is 2.33. The highest BCUT2D eigenvalue weighted by molar-refractivity contribution is 7.15. The first-order valence-electron chi connectivity index (χ1n) is 5.38. The van der Waals surface area contributed by atoms with Crippen molar-refractivity contribution >= 4 is 22.2 Å². The van der Waals surface area contributed by atoms with Crippen LogP contribution in [0.2, 0.25) is 0 Å². The Hall–Kier alpha value is -1.54. The molecule has 0 aliphatic carbocycles. The standard InChI is InChI=1S/C14H13NS/c1-9-3-5-11-12(8-15-13(11)7-9)14-6-4-10(2)16-14/h3-8,15H,1-2H3. The van der Waals surface area contributed by atoms with Crippen LogP contribution in [0.25, 0.3) is 21.3 Å². The summed E-state index contributed by atoms with van der Waals surface area (Å²) in [5.41, 5.74) is 3.83. The molecule has 1 N–H and O–H groups in total. The first kappa shape index (κ1) is 9.67. The number of aromatic amines is 1. The summed E-state index contributed by atoms with van der Waals surface area (Å²) in [7, 11) is 0. The molecule has 1 aromatic carbocycles. The quantitative estimate of drug-likeness (QED) is 0.629. The molecule has 2 heterocycles. The number of thiophene rings is 1. The molecular weight excluding hydrogens is 214 g/mol. The summed E-state index contributed by atoms with van der Waals surface area (Å²) < 4.78 is 0. The number of H-pyrrole nitrogens is 1. The maximum Gasteiger partial charge on any atom is 0.0463 e. The van der Waals surface area contributed by atoms with Gasteiger partial charge in [-0.15, -0.1) is 11.3 Å². The van der Waals surface area contributed by atoms with Crippen LogP contribution in [0.3, 0.4) is 0 Å². The average Bonchev–Trinajstić information content (AvgIpc) is 2.83. The SMILES string of the molecule is Cc1ccc2c(-c3ccc(C)s3)c[nH]c2c1. The molecule has 0 fully saturated rings. The van der Waals surface area contributed by atoms with Gasteiger partial charge in [0.25, 0.3) is 0 Å². The van der Waals surface area contributed by atoms with Crippen LogP contribution in [0.4, 0.5) is 0 Å². The van der Waals surface area contributed by atoms with E-state index in [1.54, 1.807) is 0 Å². The van der Waals surface area contributed by atoms with Crippen LogP contribution in [0.15, 0.2) is 36.5 Å². The molecule has 0 aliphatic rings. The van der Waals surface area contributed by atoms with Gasteiger partial charge in [0, 0.05) is 32.4 Å². The van der Waals surface area contributed by atoms with E-state index in [1.165, 1.54) is 31.8 Å². The minimum absolute atomic E-state index is 1.22. The molecule has 0 unspecified atom stereocenters. The largest absolute Gasteiger partial charge is 0.361 e. The van der Waals surface area contributed by atoms with E-state index in [4.69, 9.17) is 0 Å². The van der Waals surface area contributed by atoms with Crippen molar-refractivity contribution in [2.45, 2.75) is 13.8 Å². The summed E-state index contributed by atoms with van der Waals surface area (Å²) in [5, 5.41) is 1.31. The third-order valence-electron chi connectivity index (χ3n) is 2.84. The fourth-order valence-corrected chi connectivity index (χ4v) is 2.92. The van der Waals surface area contributed by atoms with Crippen molar-refractivity contribution in [2.24, 2.45) is 0 Å². The van der Waals surface area contributed by atoms with E-state index < -0.39 is 0 Å². The lowest BCUT2D eigenvalue weighted by molar-refractivity contribution is 1.44. The second-order valence-electron chi connectivity index (χ2n) is 4.16. The maximum atomic E-state index is 3.34. The lowest BCUT2D eigenvalue weighted by Crippen LogP contribution is -1.72. The van der Waals surface area contributed by atoms with E-state index in [-0.39, 0.29) is 0 Å². The second-order valence-corrected chi connectivity index (χ2v) is 5.45. The number of nitrogens with one attached hydrogen (secondary N) is 1. The summed E-state index contributed by atoms with van der Waals surface area (Å²) in [4.78, 5) is 6.04. The lowest BCUT2D eigenvalue weighted by Gasteiger charge is -1.96. The maximum absolute atomic E-state index is 3.34. The van der Waals surface area contributed by atoms with Crippen molar-refractivity contribution < 1.29 is 0 Å². The number of hydrogen-bond donors (Lipinski definition) is 1. The third-order valence-corrected chi connectivity index (χ3v) is 3.88. The molecule has 3 rings (SSSR count). The fourth-order valence-electron chi connectivity index (χ4n) is 2.02. The van der Waals surface area contributed by atoms with E-state index in [1.807, 2.05) is 11.3 Å². The first-order chi connectivity index (χ1) is 7.74. The molecule has 0 atom stereocenters. The summed E-state index contributed by atoms with van der Waals surface area (Å²) in [5.74, 6) is 0. The van der Waals surface area contributed by atoms with Crippen molar-refractivity contribution in [1.29, 1.82) is 0 Å². The van der Waals surface area contributed by atoms with Gasteiger partial charge in [0.1, 0.15) is 0 Å². The van der Waals surface area contributed by atoms with Crippen LogP contribution in [0.1, 0.15) is 10.4 Å². The van der Waals surface area contributed by atoms with Gasteiger partial charge in [-0.05, 0) is 37.6 Å². The summed E-state index contributed by atoms with van der Waals surface area (Å²) >= 11 is 1.84. The minimum Gasteiger partial charge on any atom is -0.361 e. The Balaban J connectivity index is 2.25.